The zero-order chi connectivity index (χ0) is 18.7. The number of hydrogen-bond donors (Lipinski definition) is 1. The molecule has 3 atom stereocenters. The average Bonchev–Trinajstić information content (AvgIpc) is 2.51. The van der Waals surface area contributed by atoms with Gasteiger partial charge < -0.3 is 14.6 Å². The molecule has 0 aliphatic heterocycles. The fourth-order valence-corrected chi connectivity index (χ4v) is 2.53. The van der Waals surface area contributed by atoms with E-state index in [1.165, 1.54) is 33.1 Å². The summed E-state index contributed by atoms with van der Waals surface area (Å²) in [7, 11) is 1.18. The van der Waals surface area contributed by atoms with E-state index in [-0.39, 0.29) is 17.9 Å². The first kappa shape index (κ1) is 20.2. The van der Waals surface area contributed by atoms with Gasteiger partial charge in [0.1, 0.15) is 0 Å². The summed E-state index contributed by atoms with van der Waals surface area (Å²) >= 11 is 0. The van der Waals surface area contributed by atoms with Gasteiger partial charge in [0, 0.05) is 11.5 Å². The third kappa shape index (κ3) is 3.48. The number of aliphatic hydroxyl groups is 1. The maximum atomic E-state index is 13.8. The first-order valence-electron chi connectivity index (χ1n) is 7.31. The Labute approximate surface area is 137 Å². The van der Waals surface area contributed by atoms with Crippen LogP contribution in [0.15, 0.2) is 18.2 Å². The molecule has 8 heteroatoms. The number of esters is 1. The van der Waals surface area contributed by atoms with Gasteiger partial charge in [0.2, 0.25) is 0 Å². The largest absolute Gasteiger partial charge is 0.493 e. The van der Waals surface area contributed by atoms with Crippen LogP contribution in [-0.4, -0.2) is 36.6 Å². The zero-order valence-electron chi connectivity index (χ0n) is 13.8. The molecule has 0 saturated carbocycles. The Morgan fingerprint density at radius 3 is 2.33 bits per heavy atom. The number of methoxy groups -OCH3 is 1. The molecule has 3 unspecified atom stereocenters. The molecule has 1 rings (SSSR count). The number of para-hydroxylation sites is 1. The molecule has 1 aromatic carbocycles. The zero-order valence-corrected chi connectivity index (χ0v) is 13.8. The topological polar surface area (TPSA) is 55.8 Å². The van der Waals surface area contributed by atoms with Crippen LogP contribution >= 0.6 is 0 Å². The Kier molecular flexibility index (Phi) is 6.21. The molecule has 0 aliphatic rings. The highest BCUT2D eigenvalue weighted by molar-refractivity contribution is 5.81. The number of carbonyl (C=O) groups excluding carboxylic acids is 1. The number of ether oxygens (including phenoxy) is 2. The molecule has 0 saturated heterocycles. The van der Waals surface area contributed by atoms with Gasteiger partial charge >= 0.3 is 12.1 Å². The molecule has 136 valence electrons. The third-order valence-electron chi connectivity index (χ3n) is 4.12. The lowest BCUT2D eigenvalue weighted by Gasteiger charge is -2.36. The normalized spacial score (nSPS) is 16.9. The lowest BCUT2D eigenvalue weighted by atomic mass is 9.76. The van der Waals surface area contributed by atoms with Crippen LogP contribution in [0.4, 0.5) is 17.6 Å². The van der Waals surface area contributed by atoms with Crippen molar-refractivity contribution in [2.24, 2.45) is 5.92 Å². The van der Waals surface area contributed by atoms with E-state index in [1.807, 2.05) is 0 Å². The van der Waals surface area contributed by atoms with Gasteiger partial charge in [0.15, 0.2) is 11.6 Å². The van der Waals surface area contributed by atoms with Crippen molar-refractivity contribution in [2.75, 3.05) is 13.7 Å². The SMILES string of the molecule is CCOC(=O)C(O)(C(C)C(C)c1cccc(F)c1OC)C(F)(F)F. The number of rotatable bonds is 6. The second kappa shape index (κ2) is 7.38. The van der Waals surface area contributed by atoms with Crippen LogP contribution in [0.1, 0.15) is 32.3 Å². The Morgan fingerprint density at radius 1 is 1.29 bits per heavy atom. The predicted octanol–water partition coefficient (Wildman–Crippen LogP) is 3.43. The average molecular weight is 352 g/mol. The van der Waals surface area contributed by atoms with E-state index in [1.54, 1.807) is 0 Å². The lowest BCUT2D eigenvalue weighted by Crippen LogP contribution is -2.58. The van der Waals surface area contributed by atoms with Crippen molar-refractivity contribution in [3.63, 3.8) is 0 Å². The van der Waals surface area contributed by atoms with Crippen LogP contribution in [-0.2, 0) is 9.53 Å². The van der Waals surface area contributed by atoms with Gasteiger partial charge in [0.05, 0.1) is 13.7 Å². The minimum Gasteiger partial charge on any atom is -0.493 e. The van der Waals surface area contributed by atoms with Crippen LogP contribution in [0.3, 0.4) is 0 Å². The molecule has 0 bridgehead atoms. The Hall–Kier alpha value is -1.83. The van der Waals surface area contributed by atoms with E-state index in [9.17, 15) is 27.5 Å². The first-order chi connectivity index (χ1) is 11.0. The van der Waals surface area contributed by atoms with Crippen LogP contribution in [0.5, 0.6) is 5.75 Å². The molecule has 4 nitrogen and oxygen atoms in total. The fourth-order valence-electron chi connectivity index (χ4n) is 2.53. The van der Waals surface area contributed by atoms with Crippen molar-refractivity contribution in [1.82, 2.24) is 0 Å². The maximum Gasteiger partial charge on any atom is 0.428 e. The second-order valence-electron chi connectivity index (χ2n) is 5.42. The van der Waals surface area contributed by atoms with Crippen LogP contribution in [0.25, 0.3) is 0 Å². The molecule has 0 amide bonds. The van der Waals surface area contributed by atoms with Gasteiger partial charge in [0.25, 0.3) is 5.60 Å². The lowest BCUT2D eigenvalue weighted by molar-refractivity contribution is -0.278. The quantitative estimate of drug-likeness (QED) is 0.630. The summed E-state index contributed by atoms with van der Waals surface area (Å²) in [5.74, 6) is -5.46. The molecule has 1 aromatic rings. The van der Waals surface area contributed by atoms with Gasteiger partial charge in [-0.25, -0.2) is 9.18 Å². The summed E-state index contributed by atoms with van der Waals surface area (Å²) < 4.78 is 63.3. The fraction of sp³-hybridized carbons (Fsp3) is 0.562. The van der Waals surface area contributed by atoms with Crippen molar-refractivity contribution < 1.29 is 36.9 Å². The van der Waals surface area contributed by atoms with E-state index in [2.05, 4.69) is 4.74 Å². The summed E-state index contributed by atoms with van der Waals surface area (Å²) in [5, 5.41) is 10.1. The van der Waals surface area contributed by atoms with Crippen LogP contribution in [0, 0.1) is 11.7 Å². The van der Waals surface area contributed by atoms with Crippen molar-refractivity contribution in [2.45, 2.75) is 38.5 Å². The van der Waals surface area contributed by atoms with Crippen molar-refractivity contribution in [1.29, 1.82) is 0 Å². The van der Waals surface area contributed by atoms with Gasteiger partial charge in [-0.05, 0) is 18.9 Å². The molecule has 0 radical (unpaired) electrons. The molecule has 0 fully saturated rings. The Morgan fingerprint density at radius 2 is 1.88 bits per heavy atom. The Balaban J connectivity index is 3.37. The maximum absolute atomic E-state index is 13.8. The summed E-state index contributed by atoms with van der Waals surface area (Å²) in [6.45, 7) is 3.41. The minimum atomic E-state index is -5.26. The summed E-state index contributed by atoms with van der Waals surface area (Å²) in [4.78, 5) is 11.8. The van der Waals surface area contributed by atoms with Crippen molar-refractivity contribution in [3.8, 4) is 5.75 Å². The van der Waals surface area contributed by atoms with Crippen molar-refractivity contribution in [3.05, 3.63) is 29.6 Å². The highest BCUT2D eigenvalue weighted by Crippen LogP contribution is 2.45. The molecule has 24 heavy (non-hydrogen) atoms. The van der Waals surface area contributed by atoms with Crippen molar-refractivity contribution >= 4 is 5.97 Å². The monoisotopic (exact) mass is 352 g/mol. The van der Waals surface area contributed by atoms with E-state index in [4.69, 9.17) is 4.74 Å². The standard InChI is InChI=1S/C16H20F4O4/c1-5-24-14(21)15(22,16(18,19)20)10(3)9(2)11-7-6-8-12(17)13(11)23-4/h6-10,22H,5H2,1-4H3. The number of alkyl halides is 3. The van der Waals surface area contributed by atoms with E-state index in [0.717, 1.165) is 13.0 Å². The van der Waals surface area contributed by atoms with Gasteiger partial charge in [-0.15, -0.1) is 0 Å². The van der Waals surface area contributed by atoms with Crippen LogP contribution < -0.4 is 4.74 Å². The molecular formula is C16H20F4O4. The van der Waals surface area contributed by atoms with E-state index in [0.29, 0.717) is 0 Å². The molecule has 1 N–H and O–H groups in total. The number of carbonyl (C=O) groups is 1. The highest BCUT2D eigenvalue weighted by Gasteiger charge is 2.65. The third-order valence-corrected chi connectivity index (χ3v) is 4.12. The molecule has 0 heterocycles. The second-order valence-corrected chi connectivity index (χ2v) is 5.42. The minimum absolute atomic E-state index is 0.108. The van der Waals surface area contributed by atoms with Gasteiger partial charge in [-0.1, -0.05) is 26.0 Å². The predicted molar refractivity (Wildman–Crippen MR) is 78.2 cm³/mol. The van der Waals surface area contributed by atoms with Gasteiger partial charge in [-0.2, -0.15) is 13.2 Å². The molecule has 0 spiro atoms. The number of hydrogen-bond acceptors (Lipinski definition) is 4. The van der Waals surface area contributed by atoms with E-state index >= 15 is 0 Å². The smallest absolute Gasteiger partial charge is 0.428 e. The highest BCUT2D eigenvalue weighted by atomic mass is 19.4. The van der Waals surface area contributed by atoms with Crippen LogP contribution in [0.2, 0.25) is 0 Å². The Bertz CT molecular complexity index is 588. The first-order valence-corrected chi connectivity index (χ1v) is 7.31. The summed E-state index contributed by atoms with van der Waals surface area (Å²) in [6.07, 6.45) is -5.26. The molecule has 0 aliphatic carbocycles. The summed E-state index contributed by atoms with van der Waals surface area (Å²) in [5.41, 5.74) is -3.61. The molecular weight excluding hydrogens is 332 g/mol. The molecule has 0 aromatic heterocycles. The van der Waals surface area contributed by atoms with Gasteiger partial charge in [-0.3, -0.25) is 0 Å². The number of benzene rings is 1. The summed E-state index contributed by atoms with van der Waals surface area (Å²) in [6, 6.07) is 3.79. The number of halogens is 4. The van der Waals surface area contributed by atoms with E-state index < -0.39 is 35.4 Å².